The fraction of sp³-hybridized carbons (Fsp3) is 0.889. The van der Waals surface area contributed by atoms with Crippen molar-refractivity contribution in [3.05, 3.63) is 0 Å². The summed E-state index contributed by atoms with van der Waals surface area (Å²) < 4.78 is -23.5. The minimum absolute atomic E-state index is 1.78. The molecule has 0 spiro atoms. The maximum atomic E-state index is 13.0. The normalized spacial score (nSPS) is 16.4. The largest absolute Gasteiger partial charge is 0.293 e. The Balaban J connectivity index is 6.54. The van der Waals surface area contributed by atoms with Gasteiger partial charge in [0, 0.05) is 0 Å². The van der Waals surface area contributed by atoms with Crippen molar-refractivity contribution in [1.29, 1.82) is 0 Å². The molecule has 0 bridgehead atoms. The van der Waals surface area contributed by atoms with Crippen LogP contribution in [-0.2, 0) is 4.79 Å². The van der Waals surface area contributed by atoms with Crippen LogP contribution in [0.15, 0.2) is 0 Å². The summed E-state index contributed by atoms with van der Waals surface area (Å²) in [7, 11) is 0. The first-order chi connectivity index (χ1) is 11.7. The number of alkyl halides is 18. The third-order valence-corrected chi connectivity index (χ3v) is 13.6. The summed E-state index contributed by atoms with van der Waals surface area (Å²) in [6.45, 7) is 0. The highest BCUT2D eigenvalue weighted by molar-refractivity contribution is 6.85. The zero-order valence-corrected chi connectivity index (χ0v) is 25.3. The van der Waals surface area contributed by atoms with Gasteiger partial charge in [0.1, 0.15) is 0 Å². The van der Waals surface area contributed by atoms with E-state index in [2.05, 4.69) is 0 Å². The average Bonchev–Trinajstić information content (AvgIpc) is 2.42. The van der Waals surface area contributed by atoms with Crippen LogP contribution in [0.4, 0.5) is 0 Å². The van der Waals surface area contributed by atoms with Gasteiger partial charge in [-0.15, -0.1) is 0 Å². The molecule has 0 radical (unpaired) electrons. The molecule has 0 saturated carbocycles. The quantitative estimate of drug-likeness (QED) is 0.247. The maximum Gasteiger partial charge on any atom is 0.226 e. The Morgan fingerprint density at radius 1 is 0.357 bits per heavy atom. The first-order valence-corrected chi connectivity index (χ1v) is 12.4. The van der Waals surface area contributed by atoms with Crippen molar-refractivity contribution in [3.63, 3.8) is 0 Å². The van der Waals surface area contributed by atoms with Crippen molar-refractivity contribution in [2.24, 2.45) is 0 Å². The molecule has 1 nitrogen and oxygen atoms in total. The van der Waals surface area contributed by atoms with Crippen LogP contribution in [0.3, 0.4) is 0 Å². The molecule has 19 heteroatoms. The van der Waals surface area contributed by atoms with Crippen LogP contribution in [0, 0.1) is 0 Å². The van der Waals surface area contributed by atoms with Gasteiger partial charge in [-0.2, -0.15) is 0 Å². The van der Waals surface area contributed by atoms with Gasteiger partial charge in [-0.25, -0.2) is 0 Å². The van der Waals surface area contributed by atoms with Gasteiger partial charge in [0.15, 0.2) is 8.67 Å². The molecule has 0 aliphatic heterocycles. The second-order valence-corrected chi connectivity index (χ2v) is 17.3. The van der Waals surface area contributed by atoms with E-state index in [0.29, 0.717) is 0 Å². The van der Waals surface area contributed by atoms with Crippen molar-refractivity contribution >= 4 is 215 Å². The van der Waals surface area contributed by atoms with Crippen LogP contribution >= 0.6 is 209 Å². The molecule has 28 heavy (non-hydrogen) atoms. The van der Waals surface area contributed by atoms with Crippen molar-refractivity contribution in [2.75, 3.05) is 0 Å². The standard InChI is InChI=1S/C9Cl18O/c10-2(11,4(14,15)6(18,19)8(22,23)24)1(28)3(12,13)5(16,17)7(20,21)9(25,26)27. The van der Waals surface area contributed by atoms with Gasteiger partial charge in [-0.05, 0) is 0 Å². The molecule has 0 rings (SSSR count). The molecular weight excluding hydrogens is 762 g/mol. The summed E-state index contributed by atoms with van der Waals surface area (Å²) in [5, 5.41) is 0. The molecule has 0 aromatic carbocycles. The van der Waals surface area contributed by atoms with Gasteiger partial charge in [0.25, 0.3) is 0 Å². The summed E-state index contributed by atoms with van der Waals surface area (Å²) in [6.07, 6.45) is 0. The average molecular weight is 762 g/mol. The van der Waals surface area contributed by atoms with E-state index in [1.165, 1.54) is 0 Å². The topological polar surface area (TPSA) is 17.1 Å². The van der Waals surface area contributed by atoms with Crippen LogP contribution in [0.1, 0.15) is 0 Å². The molecule has 0 fully saturated rings. The number of hydrogen-bond donors (Lipinski definition) is 0. The van der Waals surface area contributed by atoms with E-state index < -0.39 is 39.4 Å². The zero-order valence-electron chi connectivity index (χ0n) is 11.7. The second-order valence-electron chi connectivity index (χ2n) is 4.77. The highest BCUT2D eigenvalue weighted by Crippen LogP contribution is 2.67. The SMILES string of the molecule is O=C(C(Cl)(Cl)C(Cl)(Cl)C(Cl)(Cl)C(Cl)(Cl)Cl)C(Cl)(Cl)C(Cl)(Cl)C(Cl)(Cl)C(Cl)(Cl)Cl. The lowest BCUT2D eigenvalue weighted by atomic mass is 10.0. The summed E-state index contributed by atoms with van der Waals surface area (Å²) in [5.41, 5.74) is 0. The predicted molar refractivity (Wildman–Crippen MR) is 132 cm³/mol. The Hall–Kier alpha value is 4.89. The van der Waals surface area contributed by atoms with Crippen LogP contribution in [0.25, 0.3) is 0 Å². The summed E-state index contributed by atoms with van der Waals surface area (Å²) >= 11 is 105. The molecule has 0 N–H and O–H groups in total. The number of carbonyl (C=O) groups excluding carboxylic acids is 1. The van der Waals surface area contributed by atoms with Gasteiger partial charge in [0.05, 0.1) is 0 Å². The van der Waals surface area contributed by atoms with Crippen LogP contribution < -0.4 is 0 Å². The molecule has 0 saturated heterocycles. The molecule has 0 aliphatic carbocycles. The minimum atomic E-state index is -3.18. The van der Waals surface area contributed by atoms with Gasteiger partial charge < -0.3 is 0 Å². The van der Waals surface area contributed by atoms with Crippen molar-refractivity contribution in [2.45, 2.75) is 33.6 Å². The Morgan fingerprint density at radius 2 is 0.536 bits per heavy atom. The number of carbonyl (C=O) groups is 1. The molecule has 0 heterocycles. The Bertz CT molecular complexity index is 554. The first kappa shape index (κ1) is 32.9. The fourth-order valence-corrected chi connectivity index (χ4v) is 5.85. The van der Waals surface area contributed by atoms with E-state index in [0.717, 1.165) is 0 Å². The molecule has 0 unspecified atom stereocenters. The number of halogens is 18. The first-order valence-electron chi connectivity index (χ1n) is 5.61. The third kappa shape index (κ3) is 5.49. The summed E-state index contributed by atoms with van der Waals surface area (Å²) in [6, 6.07) is 0. The molecule has 0 aliphatic rings. The highest BCUT2D eigenvalue weighted by Gasteiger charge is 2.77. The second kappa shape index (κ2) is 9.74. The van der Waals surface area contributed by atoms with Gasteiger partial charge in [0.2, 0.25) is 30.7 Å². The molecule has 0 atom stereocenters. The maximum absolute atomic E-state index is 13.0. The number of hydrogen-bond acceptors (Lipinski definition) is 1. The fourth-order valence-electron chi connectivity index (χ4n) is 1.23. The van der Waals surface area contributed by atoms with E-state index in [9.17, 15) is 4.79 Å². The van der Waals surface area contributed by atoms with E-state index in [4.69, 9.17) is 209 Å². The van der Waals surface area contributed by atoms with Crippen molar-refractivity contribution < 1.29 is 4.79 Å². The smallest absolute Gasteiger partial charge is 0.226 e. The lowest BCUT2D eigenvalue weighted by Crippen LogP contribution is -2.66. The van der Waals surface area contributed by atoms with Gasteiger partial charge in [-0.1, -0.05) is 209 Å². The van der Waals surface area contributed by atoms with E-state index in [1.807, 2.05) is 0 Å². The van der Waals surface area contributed by atoms with E-state index in [-0.39, 0.29) is 0 Å². The van der Waals surface area contributed by atoms with E-state index in [1.54, 1.807) is 0 Å². The lowest BCUT2D eigenvalue weighted by Gasteiger charge is -2.48. The van der Waals surface area contributed by atoms with Crippen molar-refractivity contribution in [3.8, 4) is 0 Å². The van der Waals surface area contributed by atoms with Crippen LogP contribution in [-0.4, -0.2) is 39.4 Å². The monoisotopic (exact) mass is 753 g/mol. The molecule has 0 amide bonds. The Morgan fingerprint density at radius 3 is 0.679 bits per heavy atom. The number of rotatable bonds is 6. The summed E-state index contributed by atoms with van der Waals surface area (Å²) in [4.78, 5) is 13.0. The number of Topliss-reactive ketones (excluding diaryl/α,β-unsaturated/α-hetero) is 1. The Kier molecular flexibility index (Phi) is 11.4. The van der Waals surface area contributed by atoms with E-state index >= 15 is 0 Å². The Labute approximate surface area is 249 Å². The lowest BCUT2D eigenvalue weighted by molar-refractivity contribution is -0.121. The van der Waals surface area contributed by atoms with Gasteiger partial charge in [-0.3, -0.25) is 4.79 Å². The van der Waals surface area contributed by atoms with Crippen molar-refractivity contribution in [1.82, 2.24) is 0 Å². The zero-order chi connectivity index (χ0) is 23.6. The van der Waals surface area contributed by atoms with Crippen LogP contribution in [0.2, 0.25) is 0 Å². The minimum Gasteiger partial charge on any atom is -0.293 e. The molecule has 0 aromatic heterocycles. The predicted octanol–water partition coefficient (Wildman–Crippen LogP) is 10.3. The molecule has 168 valence electrons. The summed E-state index contributed by atoms with van der Waals surface area (Å²) in [5.74, 6) is -1.78. The highest BCUT2D eigenvalue weighted by atomic mass is 35.6. The molecular formula is C9Cl18O. The number of ketones is 1. The van der Waals surface area contributed by atoms with Gasteiger partial charge >= 0.3 is 0 Å². The third-order valence-electron chi connectivity index (χ3n) is 2.86. The molecule has 0 aromatic rings. The van der Waals surface area contributed by atoms with Crippen LogP contribution in [0.5, 0.6) is 0 Å².